The second-order valence-corrected chi connectivity index (χ2v) is 9.54. The maximum atomic E-state index is 12.3. The summed E-state index contributed by atoms with van der Waals surface area (Å²) in [5.41, 5.74) is 1.57. The van der Waals surface area contributed by atoms with Gasteiger partial charge >= 0.3 is 6.09 Å². The molecule has 0 bridgehead atoms. The molecule has 2 aliphatic rings. The summed E-state index contributed by atoms with van der Waals surface area (Å²) >= 11 is 0. The van der Waals surface area contributed by atoms with Gasteiger partial charge in [0, 0.05) is 44.5 Å². The van der Waals surface area contributed by atoms with Gasteiger partial charge in [-0.2, -0.15) is 0 Å². The number of ether oxygens (including phenoxy) is 2. The lowest BCUT2D eigenvalue weighted by Crippen LogP contribution is -2.45. The molecule has 3 rings (SSSR count). The fraction of sp³-hybridized carbons (Fsp3) is 0.773. The molecule has 0 aromatic carbocycles. The number of carbonyl (C=O) groups excluding carboxylic acids is 1. The van der Waals surface area contributed by atoms with Gasteiger partial charge in [-0.25, -0.2) is 14.8 Å². The van der Waals surface area contributed by atoms with E-state index in [9.17, 15) is 4.79 Å². The Labute approximate surface area is 180 Å². The van der Waals surface area contributed by atoms with Crippen LogP contribution < -0.4 is 5.32 Å². The van der Waals surface area contributed by atoms with Crippen molar-refractivity contribution in [3.05, 3.63) is 17.5 Å². The standard InChI is InChI=1S/C22H37N5O3/c1-7-17-10-19(13-26-11-15(2)29-16(3)12-26)25-20(23-17)24-18-8-9-27(14-18)21(28)30-22(4,5)6/h10,15-16,18H,7-9,11-14H2,1-6H3,(H,23,24,25). The van der Waals surface area contributed by atoms with Crippen LogP contribution in [0.1, 0.15) is 59.4 Å². The maximum Gasteiger partial charge on any atom is 0.410 e. The van der Waals surface area contributed by atoms with Crippen molar-refractivity contribution < 1.29 is 14.3 Å². The Balaban J connectivity index is 1.62. The molecule has 0 spiro atoms. The Hall–Kier alpha value is -1.93. The zero-order valence-corrected chi connectivity index (χ0v) is 19.3. The molecule has 168 valence electrons. The highest BCUT2D eigenvalue weighted by molar-refractivity contribution is 5.68. The lowest BCUT2D eigenvalue weighted by atomic mass is 10.2. The van der Waals surface area contributed by atoms with Crippen LogP contribution in [0.5, 0.6) is 0 Å². The van der Waals surface area contributed by atoms with Gasteiger partial charge in [0.15, 0.2) is 0 Å². The maximum absolute atomic E-state index is 12.3. The van der Waals surface area contributed by atoms with Gasteiger partial charge in [0.2, 0.25) is 5.95 Å². The smallest absolute Gasteiger partial charge is 0.410 e. The number of rotatable bonds is 5. The average Bonchev–Trinajstić information content (AvgIpc) is 3.07. The van der Waals surface area contributed by atoms with Gasteiger partial charge in [0.05, 0.1) is 17.9 Å². The quantitative estimate of drug-likeness (QED) is 0.786. The third kappa shape index (κ3) is 6.54. The predicted molar refractivity (Wildman–Crippen MR) is 117 cm³/mol. The molecule has 2 aliphatic heterocycles. The highest BCUT2D eigenvalue weighted by atomic mass is 16.6. The SMILES string of the molecule is CCc1cc(CN2CC(C)OC(C)C2)nc(NC2CCN(C(=O)OC(C)(C)C)C2)n1. The average molecular weight is 420 g/mol. The minimum absolute atomic E-state index is 0.126. The summed E-state index contributed by atoms with van der Waals surface area (Å²) in [6.07, 6.45) is 1.92. The van der Waals surface area contributed by atoms with Crippen LogP contribution in [-0.2, 0) is 22.4 Å². The minimum Gasteiger partial charge on any atom is -0.444 e. The molecule has 0 saturated carbocycles. The van der Waals surface area contributed by atoms with Crippen molar-refractivity contribution in [1.82, 2.24) is 19.8 Å². The van der Waals surface area contributed by atoms with E-state index in [1.165, 1.54) is 0 Å². The Bertz CT molecular complexity index is 726. The molecule has 3 unspecified atom stereocenters. The molecule has 3 atom stereocenters. The first-order valence-electron chi connectivity index (χ1n) is 11.1. The van der Waals surface area contributed by atoms with Gasteiger partial charge in [-0.3, -0.25) is 4.90 Å². The zero-order valence-electron chi connectivity index (χ0n) is 19.3. The Kier molecular flexibility index (Phi) is 7.18. The van der Waals surface area contributed by atoms with Crippen LogP contribution in [0.4, 0.5) is 10.7 Å². The van der Waals surface area contributed by atoms with E-state index >= 15 is 0 Å². The van der Waals surface area contributed by atoms with Crippen molar-refractivity contribution in [1.29, 1.82) is 0 Å². The number of hydrogen-bond acceptors (Lipinski definition) is 7. The molecular weight excluding hydrogens is 382 g/mol. The number of anilines is 1. The summed E-state index contributed by atoms with van der Waals surface area (Å²) in [5, 5.41) is 3.44. The van der Waals surface area contributed by atoms with E-state index in [2.05, 4.69) is 42.0 Å². The lowest BCUT2D eigenvalue weighted by molar-refractivity contribution is -0.0707. The van der Waals surface area contributed by atoms with Crippen molar-refractivity contribution in [2.24, 2.45) is 0 Å². The molecule has 8 nitrogen and oxygen atoms in total. The van der Waals surface area contributed by atoms with Crippen LogP contribution in [0.3, 0.4) is 0 Å². The van der Waals surface area contributed by atoms with Gasteiger partial charge in [0.1, 0.15) is 5.60 Å². The summed E-state index contributed by atoms with van der Waals surface area (Å²) in [5.74, 6) is 0.648. The molecule has 2 fully saturated rings. The highest BCUT2D eigenvalue weighted by Gasteiger charge is 2.30. The Morgan fingerprint density at radius 2 is 1.87 bits per heavy atom. The molecule has 3 heterocycles. The number of morpholine rings is 1. The van der Waals surface area contributed by atoms with Crippen LogP contribution in [0.25, 0.3) is 0 Å². The van der Waals surface area contributed by atoms with Crippen molar-refractivity contribution in [2.45, 2.75) is 84.8 Å². The highest BCUT2D eigenvalue weighted by Crippen LogP contribution is 2.19. The van der Waals surface area contributed by atoms with Crippen LogP contribution >= 0.6 is 0 Å². The van der Waals surface area contributed by atoms with Crippen LogP contribution in [-0.4, -0.2) is 75.9 Å². The summed E-state index contributed by atoms with van der Waals surface area (Å²) in [6, 6.07) is 2.22. The van der Waals surface area contributed by atoms with Crippen molar-refractivity contribution in [2.75, 3.05) is 31.5 Å². The van der Waals surface area contributed by atoms with Crippen LogP contribution in [0.2, 0.25) is 0 Å². The normalized spacial score (nSPS) is 25.4. The van der Waals surface area contributed by atoms with Gasteiger partial charge in [0.25, 0.3) is 0 Å². The minimum atomic E-state index is -0.482. The number of amides is 1. The molecule has 0 radical (unpaired) electrons. The summed E-state index contributed by atoms with van der Waals surface area (Å²) in [6.45, 7) is 15.9. The van der Waals surface area contributed by atoms with E-state index in [4.69, 9.17) is 14.5 Å². The molecule has 30 heavy (non-hydrogen) atoms. The lowest BCUT2D eigenvalue weighted by Gasteiger charge is -2.35. The zero-order chi connectivity index (χ0) is 21.9. The summed E-state index contributed by atoms with van der Waals surface area (Å²) in [4.78, 5) is 25.9. The van der Waals surface area contributed by atoms with Crippen LogP contribution in [0, 0.1) is 0 Å². The molecule has 8 heteroatoms. The number of hydrogen-bond donors (Lipinski definition) is 1. The molecule has 0 aliphatic carbocycles. The van der Waals surface area contributed by atoms with E-state index < -0.39 is 5.60 Å². The predicted octanol–water partition coefficient (Wildman–Crippen LogP) is 3.07. The second kappa shape index (κ2) is 9.47. The third-order valence-corrected chi connectivity index (χ3v) is 5.25. The van der Waals surface area contributed by atoms with E-state index in [0.717, 1.165) is 43.9 Å². The largest absolute Gasteiger partial charge is 0.444 e. The van der Waals surface area contributed by atoms with E-state index in [0.29, 0.717) is 19.0 Å². The summed E-state index contributed by atoms with van der Waals surface area (Å²) < 4.78 is 11.3. The number of aromatic nitrogens is 2. The second-order valence-electron chi connectivity index (χ2n) is 9.54. The first kappa shape index (κ1) is 22.7. The number of likely N-dealkylation sites (tertiary alicyclic amines) is 1. The first-order chi connectivity index (χ1) is 14.1. The third-order valence-electron chi connectivity index (χ3n) is 5.25. The van der Waals surface area contributed by atoms with E-state index in [-0.39, 0.29) is 24.3 Å². The van der Waals surface area contributed by atoms with Gasteiger partial charge in [-0.05, 0) is 53.5 Å². The molecule has 1 aromatic heterocycles. The topological polar surface area (TPSA) is 79.8 Å². The van der Waals surface area contributed by atoms with E-state index in [1.54, 1.807) is 4.90 Å². The Morgan fingerprint density at radius 3 is 2.50 bits per heavy atom. The molecule has 2 saturated heterocycles. The van der Waals surface area contributed by atoms with Gasteiger partial charge in [-0.15, -0.1) is 0 Å². The fourth-order valence-electron chi connectivity index (χ4n) is 4.08. The van der Waals surface area contributed by atoms with Crippen LogP contribution in [0.15, 0.2) is 6.07 Å². The van der Waals surface area contributed by atoms with Crippen molar-refractivity contribution in [3.8, 4) is 0 Å². The van der Waals surface area contributed by atoms with Crippen molar-refractivity contribution >= 4 is 12.0 Å². The number of aryl methyl sites for hydroxylation is 1. The number of nitrogens with zero attached hydrogens (tertiary/aromatic N) is 4. The van der Waals surface area contributed by atoms with Gasteiger partial charge < -0.3 is 19.7 Å². The number of carbonyl (C=O) groups is 1. The monoisotopic (exact) mass is 419 g/mol. The Morgan fingerprint density at radius 1 is 1.20 bits per heavy atom. The van der Waals surface area contributed by atoms with Gasteiger partial charge in [-0.1, -0.05) is 6.92 Å². The molecule has 1 amide bonds. The molecular formula is C22H37N5O3. The van der Waals surface area contributed by atoms with E-state index in [1.807, 2.05) is 20.8 Å². The number of nitrogens with one attached hydrogen (secondary N) is 1. The first-order valence-corrected chi connectivity index (χ1v) is 11.1. The summed E-state index contributed by atoms with van der Waals surface area (Å²) in [7, 11) is 0. The van der Waals surface area contributed by atoms with Crippen molar-refractivity contribution in [3.63, 3.8) is 0 Å². The fourth-order valence-corrected chi connectivity index (χ4v) is 4.08. The molecule has 1 N–H and O–H groups in total. The molecule has 1 aromatic rings.